The highest BCUT2D eigenvalue weighted by Crippen LogP contribution is 2.19. The molecule has 0 aromatic heterocycles. The SMILES string of the molecule is CN(C(=O)c1c(C=O)cccc1CCCOCCCN(C)S(=O)N1CCC(N)CC1)C(C=O)CCC=O.CNC. The van der Waals surface area contributed by atoms with Crippen LogP contribution in [0.1, 0.15) is 64.8 Å². The number of nitrogens with two attached hydrogens (primary N) is 1. The molecule has 2 unspecified atom stereocenters. The zero-order chi connectivity index (χ0) is 29.9. The number of hydrogen-bond acceptors (Lipinski definition) is 8. The lowest BCUT2D eigenvalue weighted by molar-refractivity contribution is -0.112. The minimum atomic E-state index is -1.17. The molecule has 0 bridgehead atoms. The first-order valence-corrected chi connectivity index (χ1v) is 14.8. The normalized spacial score (nSPS) is 15.6. The van der Waals surface area contributed by atoms with E-state index in [0.717, 1.165) is 32.4 Å². The Bertz CT molecular complexity index is 942. The van der Waals surface area contributed by atoms with Crippen LogP contribution < -0.4 is 11.1 Å². The van der Waals surface area contributed by atoms with E-state index in [9.17, 15) is 23.4 Å². The number of carbonyl (C=O) groups is 4. The number of likely N-dealkylation sites (N-methyl/N-ethyl adjacent to an activating group) is 1. The third kappa shape index (κ3) is 12.0. The third-order valence-corrected chi connectivity index (χ3v) is 8.08. The molecule has 1 aromatic rings. The van der Waals surface area contributed by atoms with E-state index in [0.29, 0.717) is 57.0 Å². The van der Waals surface area contributed by atoms with Crippen LogP contribution in [0.4, 0.5) is 0 Å². The number of carbonyl (C=O) groups excluding carboxylic acids is 4. The van der Waals surface area contributed by atoms with Crippen molar-refractivity contribution in [1.29, 1.82) is 0 Å². The zero-order valence-corrected chi connectivity index (χ0v) is 25.2. The molecular weight excluding hydrogens is 534 g/mol. The largest absolute Gasteiger partial charge is 0.381 e. The maximum Gasteiger partial charge on any atom is 0.255 e. The Hall–Kier alpha value is -2.35. The van der Waals surface area contributed by atoms with Crippen molar-refractivity contribution >= 4 is 35.9 Å². The maximum atomic E-state index is 13.2. The van der Waals surface area contributed by atoms with E-state index in [2.05, 4.69) is 5.32 Å². The van der Waals surface area contributed by atoms with Crippen LogP contribution in [-0.2, 0) is 31.9 Å². The monoisotopic (exact) mass is 581 g/mol. The molecule has 0 spiro atoms. The Kier molecular flexibility index (Phi) is 18.3. The van der Waals surface area contributed by atoms with Crippen LogP contribution in [0.25, 0.3) is 0 Å². The number of hydrogen-bond donors (Lipinski definition) is 2. The predicted octanol–water partition coefficient (Wildman–Crippen LogP) is 1.23. The van der Waals surface area contributed by atoms with E-state index in [1.807, 2.05) is 29.8 Å². The molecule has 40 heavy (non-hydrogen) atoms. The quantitative estimate of drug-likeness (QED) is 0.207. The van der Waals surface area contributed by atoms with Crippen LogP contribution in [0.2, 0.25) is 0 Å². The van der Waals surface area contributed by atoms with E-state index >= 15 is 0 Å². The Labute approximate surface area is 241 Å². The number of aryl methyl sites for hydroxylation is 1. The molecule has 1 aliphatic heterocycles. The van der Waals surface area contributed by atoms with Gasteiger partial charge in [0.05, 0.1) is 11.6 Å². The molecule has 1 aliphatic rings. The summed E-state index contributed by atoms with van der Waals surface area (Å²) in [5.41, 5.74) is 7.17. The van der Waals surface area contributed by atoms with Crippen molar-refractivity contribution < 1.29 is 28.1 Å². The molecule has 2 atom stereocenters. The first-order chi connectivity index (χ1) is 19.2. The van der Waals surface area contributed by atoms with Crippen LogP contribution in [0.3, 0.4) is 0 Å². The summed E-state index contributed by atoms with van der Waals surface area (Å²) in [4.78, 5) is 48.3. The fourth-order valence-corrected chi connectivity index (χ4v) is 5.47. The molecule has 1 aromatic carbocycles. The molecule has 12 heteroatoms. The van der Waals surface area contributed by atoms with Gasteiger partial charge < -0.3 is 30.3 Å². The molecule has 3 N–H and O–H groups in total. The highest BCUT2D eigenvalue weighted by Gasteiger charge is 2.25. The van der Waals surface area contributed by atoms with Crippen LogP contribution >= 0.6 is 0 Å². The van der Waals surface area contributed by atoms with Gasteiger partial charge in [0, 0.05) is 65.0 Å². The summed E-state index contributed by atoms with van der Waals surface area (Å²) in [5, 5.41) is 2.75. The Balaban J connectivity index is 0.00000254. The molecule has 0 radical (unpaired) electrons. The zero-order valence-electron chi connectivity index (χ0n) is 24.4. The number of amides is 1. The van der Waals surface area contributed by atoms with Gasteiger partial charge in [0.25, 0.3) is 5.91 Å². The topological polar surface area (TPSA) is 142 Å². The van der Waals surface area contributed by atoms with Gasteiger partial charge in [0.15, 0.2) is 17.5 Å². The van der Waals surface area contributed by atoms with Crippen LogP contribution in [0.15, 0.2) is 18.2 Å². The molecule has 0 saturated carbocycles. The second-order valence-electron chi connectivity index (χ2n) is 9.78. The summed E-state index contributed by atoms with van der Waals surface area (Å²) in [7, 11) is 7.10. The van der Waals surface area contributed by atoms with E-state index in [-0.39, 0.29) is 30.0 Å². The number of rotatable bonds is 17. The van der Waals surface area contributed by atoms with E-state index in [4.69, 9.17) is 10.5 Å². The van der Waals surface area contributed by atoms with Crippen molar-refractivity contribution in [2.75, 3.05) is 61.0 Å². The number of ether oxygens (including phenoxy) is 1. The summed E-state index contributed by atoms with van der Waals surface area (Å²) in [6.45, 7) is 3.13. The van der Waals surface area contributed by atoms with Gasteiger partial charge in [0.1, 0.15) is 12.6 Å². The molecule has 1 fully saturated rings. The van der Waals surface area contributed by atoms with Crippen molar-refractivity contribution in [3.8, 4) is 0 Å². The van der Waals surface area contributed by atoms with Gasteiger partial charge in [-0.25, -0.2) is 12.8 Å². The molecule has 11 nitrogen and oxygen atoms in total. The summed E-state index contributed by atoms with van der Waals surface area (Å²) in [5.74, 6) is -0.423. The second kappa shape index (κ2) is 20.5. The number of nitrogens with zero attached hydrogens (tertiary/aromatic N) is 3. The molecule has 1 saturated heterocycles. The van der Waals surface area contributed by atoms with Gasteiger partial charge in [-0.2, -0.15) is 0 Å². The molecular formula is C28H47N5O6S. The fraction of sp³-hybridized carbons (Fsp3) is 0.643. The van der Waals surface area contributed by atoms with Gasteiger partial charge in [0.2, 0.25) is 0 Å². The van der Waals surface area contributed by atoms with Crippen molar-refractivity contribution in [3.05, 3.63) is 34.9 Å². The van der Waals surface area contributed by atoms with Crippen LogP contribution in [0, 0.1) is 0 Å². The fourth-order valence-electron chi connectivity index (χ4n) is 4.27. The van der Waals surface area contributed by atoms with Crippen molar-refractivity contribution in [2.45, 2.75) is 57.0 Å². The summed E-state index contributed by atoms with van der Waals surface area (Å²) < 4.78 is 22.1. The van der Waals surface area contributed by atoms with Crippen molar-refractivity contribution in [2.24, 2.45) is 5.73 Å². The van der Waals surface area contributed by atoms with Gasteiger partial charge >= 0.3 is 0 Å². The van der Waals surface area contributed by atoms with Crippen LogP contribution in [-0.4, -0.2) is 116 Å². The van der Waals surface area contributed by atoms with Crippen molar-refractivity contribution in [3.63, 3.8) is 0 Å². The summed E-state index contributed by atoms with van der Waals surface area (Å²) >= 11 is -1.17. The van der Waals surface area contributed by atoms with Gasteiger partial charge in [-0.05, 0) is 58.2 Å². The number of piperidine rings is 1. The van der Waals surface area contributed by atoms with Crippen LogP contribution in [0.5, 0.6) is 0 Å². The number of aldehydes is 3. The lowest BCUT2D eigenvalue weighted by Gasteiger charge is -2.31. The van der Waals surface area contributed by atoms with E-state index < -0.39 is 23.1 Å². The Morgan fingerprint density at radius 3 is 2.42 bits per heavy atom. The highest BCUT2D eigenvalue weighted by molar-refractivity contribution is 7.80. The number of nitrogens with one attached hydrogen (secondary N) is 1. The number of benzene rings is 1. The maximum absolute atomic E-state index is 13.2. The minimum Gasteiger partial charge on any atom is -0.381 e. The average Bonchev–Trinajstić information content (AvgIpc) is 2.96. The van der Waals surface area contributed by atoms with Gasteiger partial charge in [-0.3, -0.25) is 9.59 Å². The van der Waals surface area contributed by atoms with Gasteiger partial charge in [-0.1, -0.05) is 18.2 Å². The van der Waals surface area contributed by atoms with E-state index in [1.54, 1.807) is 18.2 Å². The molecule has 2 rings (SSSR count). The lowest BCUT2D eigenvalue weighted by atomic mass is 9.96. The summed E-state index contributed by atoms with van der Waals surface area (Å²) in [6.07, 6.45) is 6.02. The Morgan fingerprint density at radius 1 is 1.18 bits per heavy atom. The molecule has 0 aliphatic carbocycles. The molecule has 1 amide bonds. The van der Waals surface area contributed by atoms with E-state index in [1.165, 1.54) is 11.9 Å². The Morgan fingerprint density at radius 2 is 1.82 bits per heavy atom. The molecule has 226 valence electrons. The third-order valence-electron chi connectivity index (χ3n) is 6.56. The first kappa shape index (κ1) is 35.7. The summed E-state index contributed by atoms with van der Waals surface area (Å²) in [6, 6.07) is 4.56. The molecule has 1 heterocycles. The average molecular weight is 582 g/mol. The lowest BCUT2D eigenvalue weighted by Crippen LogP contribution is -2.45. The van der Waals surface area contributed by atoms with Gasteiger partial charge in [-0.15, -0.1) is 0 Å². The standard InChI is InChI=1S/C26H40N4O6S.C2H7N/c1-28(37(35)30-14-11-23(27)12-15-30)13-6-18-36-17-5-9-21-7-3-8-22(19-32)25(21)26(34)29(2)24(20-33)10-4-16-31;1-3-2/h3,7-8,16,19-20,23-24H,4-6,9-15,17-18,27H2,1-2H3;3H,1-2H3. The second-order valence-corrected chi connectivity index (χ2v) is 11.4. The first-order valence-electron chi connectivity index (χ1n) is 13.8. The highest BCUT2D eigenvalue weighted by atomic mass is 32.2. The smallest absolute Gasteiger partial charge is 0.255 e. The van der Waals surface area contributed by atoms with Crippen molar-refractivity contribution in [1.82, 2.24) is 18.8 Å². The minimum absolute atomic E-state index is 0.166. The predicted molar refractivity (Wildman–Crippen MR) is 157 cm³/mol.